The number of hydrazine groups is 1. The Kier molecular flexibility index (Phi) is 6.20. The van der Waals surface area contributed by atoms with Gasteiger partial charge in [0.25, 0.3) is 0 Å². The van der Waals surface area contributed by atoms with E-state index in [2.05, 4.69) is 32.5 Å². The van der Waals surface area contributed by atoms with E-state index in [4.69, 9.17) is 5.84 Å². The van der Waals surface area contributed by atoms with Crippen LogP contribution in [0.1, 0.15) is 44.0 Å². The zero-order valence-electron chi connectivity index (χ0n) is 13.3. The van der Waals surface area contributed by atoms with Crippen molar-refractivity contribution < 1.29 is 0 Å². The third kappa shape index (κ3) is 4.54. The number of nitrogens with two attached hydrogens (primary N) is 1. The molecule has 0 aliphatic carbocycles. The van der Waals surface area contributed by atoms with E-state index in [9.17, 15) is 0 Å². The lowest BCUT2D eigenvalue weighted by molar-refractivity contribution is 0.337. The van der Waals surface area contributed by atoms with Crippen molar-refractivity contribution in [3.8, 4) is 0 Å². The molecule has 0 atom stereocenters. The summed E-state index contributed by atoms with van der Waals surface area (Å²) in [6.07, 6.45) is 5.74. The minimum Gasteiger partial charge on any atom is -0.370 e. The van der Waals surface area contributed by atoms with Crippen molar-refractivity contribution >= 4 is 11.6 Å². The normalized spacial score (nSPS) is 15.4. The summed E-state index contributed by atoms with van der Waals surface area (Å²) < 4.78 is 0. The van der Waals surface area contributed by atoms with Crippen molar-refractivity contribution in [1.82, 2.24) is 14.9 Å². The molecular weight excluding hydrogens is 264 g/mol. The van der Waals surface area contributed by atoms with Crippen LogP contribution >= 0.6 is 0 Å². The molecule has 0 amide bonds. The highest BCUT2D eigenvalue weighted by molar-refractivity contribution is 5.56. The molecule has 1 aliphatic heterocycles. The van der Waals surface area contributed by atoms with Gasteiger partial charge in [0.2, 0.25) is 0 Å². The van der Waals surface area contributed by atoms with Crippen LogP contribution in [0, 0.1) is 6.92 Å². The number of nitrogen functional groups attached to an aromatic ring is 1. The van der Waals surface area contributed by atoms with Gasteiger partial charge in [-0.3, -0.25) is 0 Å². The zero-order chi connectivity index (χ0) is 15.1. The standard InChI is InChI=1S/C15H28N6/c1-3-7-13-18-14(12(2)15(19-13)20-16)17-8-6-11-21-9-4-5-10-21/h3-11,16H2,1-2H3,(H2,17,18,19,20). The number of aryl methyl sites for hydroxylation is 1. The second kappa shape index (κ2) is 8.14. The smallest absolute Gasteiger partial charge is 0.148 e. The van der Waals surface area contributed by atoms with Crippen LogP contribution in [0.2, 0.25) is 0 Å². The Hall–Kier alpha value is -1.40. The van der Waals surface area contributed by atoms with E-state index < -0.39 is 0 Å². The van der Waals surface area contributed by atoms with Crippen molar-refractivity contribution in [2.45, 2.75) is 46.0 Å². The number of nitrogens with zero attached hydrogens (tertiary/aromatic N) is 3. The van der Waals surface area contributed by atoms with Gasteiger partial charge >= 0.3 is 0 Å². The second-order valence-corrected chi connectivity index (χ2v) is 5.69. The molecule has 6 heteroatoms. The van der Waals surface area contributed by atoms with E-state index in [1.54, 1.807) is 0 Å². The van der Waals surface area contributed by atoms with Crippen molar-refractivity contribution in [1.29, 1.82) is 0 Å². The highest BCUT2D eigenvalue weighted by Crippen LogP contribution is 2.19. The summed E-state index contributed by atoms with van der Waals surface area (Å²) in [5.41, 5.74) is 3.66. The molecule has 118 valence electrons. The maximum absolute atomic E-state index is 5.55. The Labute approximate surface area is 127 Å². The number of aromatic nitrogens is 2. The zero-order valence-corrected chi connectivity index (χ0v) is 13.3. The fraction of sp³-hybridized carbons (Fsp3) is 0.733. The van der Waals surface area contributed by atoms with Crippen LogP contribution in [0.25, 0.3) is 0 Å². The molecule has 1 aliphatic rings. The molecule has 1 fully saturated rings. The van der Waals surface area contributed by atoms with Crippen LogP contribution in [0.5, 0.6) is 0 Å². The van der Waals surface area contributed by atoms with Gasteiger partial charge in [-0.2, -0.15) is 0 Å². The Morgan fingerprint density at radius 3 is 2.57 bits per heavy atom. The molecule has 0 spiro atoms. The van der Waals surface area contributed by atoms with Gasteiger partial charge in [-0.25, -0.2) is 15.8 Å². The Morgan fingerprint density at radius 2 is 1.90 bits per heavy atom. The van der Waals surface area contributed by atoms with Gasteiger partial charge in [0.05, 0.1) is 0 Å². The Morgan fingerprint density at radius 1 is 1.19 bits per heavy atom. The van der Waals surface area contributed by atoms with Gasteiger partial charge in [0.15, 0.2) is 0 Å². The first-order valence-corrected chi connectivity index (χ1v) is 8.05. The fourth-order valence-corrected chi connectivity index (χ4v) is 2.73. The van der Waals surface area contributed by atoms with Crippen LogP contribution < -0.4 is 16.6 Å². The lowest BCUT2D eigenvalue weighted by Crippen LogP contribution is -2.23. The number of rotatable bonds is 8. The van der Waals surface area contributed by atoms with Crippen LogP contribution in [-0.4, -0.2) is 41.0 Å². The molecule has 21 heavy (non-hydrogen) atoms. The highest BCUT2D eigenvalue weighted by atomic mass is 15.3. The first-order valence-electron chi connectivity index (χ1n) is 8.05. The van der Waals surface area contributed by atoms with Gasteiger partial charge in [-0.1, -0.05) is 6.92 Å². The second-order valence-electron chi connectivity index (χ2n) is 5.69. The quantitative estimate of drug-likeness (QED) is 0.386. The molecule has 2 rings (SSSR count). The molecule has 4 N–H and O–H groups in total. The molecule has 1 saturated heterocycles. The number of anilines is 2. The fourth-order valence-electron chi connectivity index (χ4n) is 2.73. The lowest BCUT2D eigenvalue weighted by atomic mass is 10.2. The highest BCUT2D eigenvalue weighted by Gasteiger charge is 2.12. The summed E-state index contributed by atoms with van der Waals surface area (Å²) in [6, 6.07) is 0. The maximum atomic E-state index is 5.55. The van der Waals surface area contributed by atoms with E-state index >= 15 is 0 Å². The molecule has 0 aromatic carbocycles. The third-order valence-corrected chi connectivity index (χ3v) is 3.94. The molecule has 0 radical (unpaired) electrons. The van der Waals surface area contributed by atoms with E-state index in [1.807, 2.05) is 6.92 Å². The number of hydrogen-bond donors (Lipinski definition) is 3. The average molecular weight is 292 g/mol. The average Bonchev–Trinajstić information content (AvgIpc) is 2.99. The molecule has 0 unspecified atom stereocenters. The predicted molar refractivity (Wildman–Crippen MR) is 87.4 cm³/mol. The monoisotopic (exact) mass is 292 g/mol. The Balaban J connectivity index is 1.89. The SMILES string of the molecule is CCCc1nc(NN)c(C)c(NCCCN2CCCC2)n1. The first-order chi connectivity index (χ1) is 10.2. The van der Waals surface area contributed by atoms with Crippen LogP contribution in [0.3, 0.4) is 0 Å². The van der Waals surface area contributed by atoms with Gasteiger partial charge in [0.1, 0.15) is 17.5 Å². The van der Waals surface area contributed by atoms with E-state index in [-0.39, 0.29) is 0 Å². The summed E-state index contributed by atoms with van der Waals surface area (Å²) in [6.45, 7) is 8.74. The van der Waals surface area contributed by atoms with E-state index in [0.29, 0.717) is 0 Å². The van der Waals surface area contributed by atoms with Crippen LogP contribution in [0.15, 0.2) is 0 Å². The summed E-state index contributed by atoms with van der Waals surface area (Å²) in [7, 11) is 0. The topological polar surface area (TPSA) is 79.1 Å². The molecule has 0 saturated carbocycles. The van der Waals surface area contributed by atoms with Crippen LogP contribution in [0.4, 0.5) is 11.6 Å². The van der Waals surface area contributed by atoms with E-state index in [1.165, 1.54) is 32.5 Å². The largest absolute Gasteiger partial charge is 0.370 e. The number of nitrogens with one attached hydrogen (secondary N) is 2. The maximum Gasteiger partial charge on any atom is 0.148 e. The van der Waals surface area contributed by atoms with Gasteiger partial charge in [0, 0.05) is 18.5 Å². The molecule has 1 aromatic heterocycles. The van der Waals surface area contributed by atoms with Gasteiger partial charge in [-0.15, -0.1) is 0 Å². The third-order valence-electron chi connectivity index (χ3n) is 3.94. The summed E-state index contributed by atoms with van der Waals surface area (Å²) >= 11 is 0. The van der Waals surface area contributed by atoms with Crippen molar-refractivity contribution in [2.24, 2.45) is 5.84 Å². The molecule has 1 aromatic rings. The number of hydrogen-bond acceptors (Lipinski definition) is 6. The van der Waals surface area contributed by atoms with Crippen molar-refractivity contribution in [3.05, 3.63) is 11.4 Å². The summed E-state index contributed by atoms with van der Waals surface area (Å²) in [5, 5.41) is 3.44. The number of likely N-dealkylation sites (tertiary alicyclic amines) is 1. The van der Waals surface area contributed by atoms with E-state index in [0.717, 1.165) is 48.8 Å². The molecule has 6 nitrogen and oxygen atoms in total. The summed E-state index contributed by atoms with van der Waals surface area (Å²) in [4.78, 5) is 11.6. The predicted octanol–water partition coefficient (Wildman–Crippen LogP) is 1.92. The van der Waals surface area contributed by atoms with Crippen molar-refractivity contribution in [3.63, 3.8) is 0 Å². The van der Waals surface area contributed by atoms with Crippen LogP contribution in [-0.2, 0) is 6.42 Å². The molecular formula is C15H28N6. The van der Waals surface area contributed by atoms with Gasteiger partial charge in [-0.05, 0) is 52.2 Å². The minimum atomic E-state index is 0.718. The minimum absolute atomic E-state index is 0.718. The van der Waals surface area contributed by atoms with Crippen molar-refractivity contribution in [2.75, 3.05) is 36.9 Å². The lowest BCUT2D eigenvalue weighted by Gasteiger charge is -2.16. The summed E-state index contributed by atoms with van der Waals surface area (Å²) in [5.74, 6) is 8.02. The first kappa shape index (κ1) is 16.0. The molecule has 2 heterocycles. The van der Waals surface area contributed by atoms with Gasteiger partial charge < -0.3 is 15.6 Å². The Bertz CT molecular complexity index is 442. The molecule has 0 bridgehead atoms.